The van der Waals surface area contributed by atoms with Crippen LogP contribution in [0.5, 0.6) is 0 Å². The molecule has 21 heavy (non-hydrogen) atoms. The van der Waals surface area contributed by atoms with Gasteiger partial charge in [0.1, 0.15) is 0 Å². The number of ether oxygens (including phenoxy) is 1. The van der Waals surface area contributed by atoms with Gasteiger partial charge in [0.2, 0.25) is 11.8 Å². The largest absolute Gasteiger partial charge is 0.398 e. The summed E-state index contributed by atoms with van der Waals surface area (Å²) in [5.41, 5.74) is 0. The van der Waals surface area contributed by atoms with Crippen LogP contribution < -0.4 is 0 Å². The van der Waals surface area contributed by atoms with Crippen LogP contribution in [0.1, 0.15) is 19.3 Å². The monoisotopic (exact) mass is 313 g/mol. The maximum atomic E-state index is 12.4. The van der Waals surface area contributed by atoms with Crippen molar-refractivity contribution in [1.82, 2.24) is 4.90 Å². The molecule has 0 aromatic heterocycles. The van der Waals surface area contributed by atoms with Crippen LogP contribution in [0.2, 0.25) is 12.6 Å². The van der Waals surface area contributed by atoms with Crippen molar-refractivity contribution in [3.63, 3.8) is 0 Å². The van der Waals surface area contributed by atoms with Crippen LogP contribution in [0.4, 0.5) is 0 Å². The Hall–Kier alpha value is -0.763. The highest BCUT2D eigenvalue weighted by Crippen LogP contribution is 2.47. The fraction of sp³-hybridized carbons (Fsp3) is 0.857. The van der Waals surface area contributed by atoms with Crippen LogP contribution in [-0.4, -0.2) is 58.2 Å². The lowest BCUT2D eigenvalue weighted by Gasteiger charge is -2.23. The number of carbonyl (C=O) groups excluding carboxylic acids is 2. The standard InChI is InChI=1S/C14H23NO5Si/c1-18-21(3,19-2)6-4-5-15-13(16)9-7-11-12(20-11)8-10(9)14(15)17/h9-12H,4-8H2,1-3H3. The average Bonchev–Trinajstić information content (AvgIpc) is 3.22. The number of hydrogen-bond acceptors (Lipinski definition) is 5. The number of likely N-dealkylation sites (tertiary alicyclic amines) is 1. The third kappa shape index (κ3) is 2.67. The van der Waals surface area contributed by atoms with E-state index in [4.69, 9.17) is 13.6 Å². The molecule has 4 atom stereocenters. The molecule has 1 aliphatic carbocycles. The van der Waals surface area contributed by atoms with E-state index in [1.807, 2.05) is 6.55 Å². The smallest absolute Gasteiger partial charge is 0.334 e. The summed E-state index contributed by atoms with van der Waals surface area (Å²) in [6.07, 6.45) is 2.63. The summed E-state index contributed by atoms with van der Waals surface area (Å²) in [5.74, 6) is -0.293. The Kier molecular flexibility index (Phi) is 3.94. The van der Waals surface area contributed by atoms with Crippen molar-refractivity contribution >= 4 is 20.4 Å². The molecule has 2 aliphatic heterocycles. The minimum atomic E-state index is -2.12. The van der Waals surface area contributed by atoms with E-state index in [9.17, 15) is 9.59 Å². The van der Waals surface area contributed by atoms with E-state index in [1.165, 1.54) is 4.90 Å². The molecular formula is C14H23NO5Si. The van der Waals surface area contributed by atoms with Gasteiger partial charge in [0.05, 0.1) is 24.0 Å². The Morgan fingerprint density at radius 2 is 1.67 bits per heavy atom. The second-order valence-corrected chi connectivity index (χ2v) is 9.96. The molecule has 6 nitrogen and oxygen atoms in total. The van der Waals surface area contributed by atoms with Gasteiger partial charge in [-0.05, 0) is 31.9 Å². The van der Waals surface area contributed by atoms with Crippen LogP contribution in [0.3, 0.4) is 0 Å². The van der Waals surface area contributed by atoms with Gasteiger partial charge in [0.25, 0.3) is 0 Å². The first kappa shape index (κ1) is 15.1. The van der Waals surface area contributed by atoms with E-state index in [2.05, 4.69) is 0 Å². The van der Waals surface area contributed by atoms with Gasteiger partial charge in [-0.3, -0.25) is 14.5 Å². The van der Waals surface area contributed by atoms with Crippen LogP contribution >= 0.6 is 0 Å². The van der Waals surface area contributed by atoms with Crippen LogP contribution in [0, 0.1) is 11.8 Å². The average molecular weight is 313 g/mol. The molecule has 7 heteroatoms. The zero-order chi connectivity index (χ0) is 15.2. The first-order valence-corrected chi connectivity index (χ1v) is 10.1. The summed E-state index contributed by atoms with van der Waals surface area (Å²) in [4.78, 5) is 26.3. The molecule has 2 saturated heterocycles. The van der Waals surface area contributed by atoms with Crippen LogP contribution in [0.25, 0.3) is 0 Å². The van der Waals surface area contributed by atoms with Crippen LogP contribution in [-0.2, 0) is 23.2 Å². The molecule has 2 amide bonds. The molecule has 0 aromatic carbocycles. The second-order valence-electron chi connectivity index (χ2n) is 6.37. The molecule has 0 spiro atoms. The predicted octanol–water partition coefficient (Wildman–Crippen LogP) is 0.904. The number of imide groups is 1. The second kappa shape index (κ2) is 5.46. The molecule has 118 valence electrons. The maximum Gasteiger partial charge on any atom is 0.334 e. The van der Waals surface area contributed by atoms with Crippen molar-refractivity contribution in [3.05, 3.63) is 0 Å². The molecular weight excluding hydrogens is 290 g/mol. The lowest BCUT2D eigenvalue weighted by molar-refractivity contribution is -0.140. The third-order valence-electron chi connectivity index (χ3n) is 5.19. The Balaban J connectivity index is 1.56. The van der Waals surface area contributed by atoms with Gasteiger partial charge in [-0.1, -0.05) is 0 Å². The van der Waals surface area contributed by atoms with Gasteiger partial charge in [0.15, 0.2) is 0 Å². The molecule has 3 rings (SSSR count). The topological polar surface area (TPSA) is 68.4 Å². The number of rotatable bonds is 6. The maximum absolute atomic E-state index is 12.4. The van der Waals surface area contributed by atoms with Crippen LogP contribution in [0.15, 0.2) is 0 Å². The molecule has 4 unspecified atom stereocenters. The van der Waals surface area contributed by atoms with E-state index < -0.39 is 8.56 Å². The van der Waals surface area contributed by atoms with Crippen molar-refractivity contribution in [3.8, 4) is 0 Å². The summed E-state index contributed by atoms with van der Waals surface area (Å²) in [7, 11) is 1.19. The summed E-state index contributed by atoms with van der Waals surface area (Å²) in [6, 6.07) is 0.779. The van der Waals surface area contributed by atoms with Crippen molar-refractivity contribution in [2.45, 2.75) is 44.1 Å². The lowest BCUT2D eigenvalue weighted by Crippen LogP contribution is -2.38. The molecule has 3 fully saturated rings. The number of fused-ring (bicyclic) bond motifs is 2. The summed E-state index contributed by atoms with van der Waals surface area (Å²) < 4.78 is 16.3. The lowest BCUT2D eigenvalue weighted by atomic mass is 9.81. The van der Waals surface area contributed by atoms with Gasteiger partial charge in [-0.2, -0.15) is 0 Å². The quantitative estimate of drug-likeness (QED) is 0.414. The zero-order valence-electron chi connectivity index (χ0n) is 12.8. The number of nitrogens with zero attached hydrogens (tertiary/aromatic N) is 1. The molecule has 1 saturated carbocycles. The highest BCUT2D eigenvalue weighted by Gasteiger charge is 2.58. The molecule has 0 N–H and O–H groups in total. The van der Waals surface area contributed by atoms with Gasteiger partial charge in [-0.15, -0.1) is 0 Å². The molecule has 0 bridgehead atoms. The van der Waals surface area contributed by atoms with Crippen molar-refractivity contribution in [2.24, 2.45) is 11.8 Å². The number of amides is 2. The number of carbonyl (C=O) groups is 2. The number of hydrogen-bond donors (Lipinski definition) is 0. The summed E-state index contributed by atoms with van der Waals surface area (Å²) in [6.45, 7) is 2.47. The van der Waals surface area contributed by atoms with Gasteiger partial charge >= 0.3 is 8.56 Å². The van der Waals surface area contributed by atoms with E-state index in [-0.39, 0.29) is 35.9 Å². The van der Waals surface area contributed by atoms with Gasteiger partial charge in [-0.25, -0.2) is 0 Å². The zero-order valence-corrected chi connectivity index (χ0v) is 13.8. The molecule has 2 heterocycles. The highest BCUT2D eigenvalue weighted by molar-refractivity contribution is 6.65. The minimum absolute atomic E-state index is 0.00264. The van der Waals surface area contributed by atoms with Crippen molar-refractivity contribution < 1.29 is 23.2 Å². The first-order chi connectivity index (χ1) is 9.99. The highest BCUT2D eigenvalue weighted by atomic mass is 28.4. The minimum Gasteiger partial charge on any atom is -0.398 e. The normalized spacial score (nSPS) is 34.9. The third-order valence-corrected chi connectivity index (χ3v) is 8.18. The molecule has 0 aromatic rings. The predicted molar refractivity (Wildman–Crippen MR) is 76.7 cm³/mol. The summed E-state index contributed by atoms with van der Waals surface area (Å²) in [5, 5.41) is 0. The Morgan fingerprint density at radius 1 is 1.14 bits per heavy atom. The SMILES string of the molecule is CO[Si](C)(CCCN1C(=O)C2CC3OC3CC2C1=O)OC. The Morgan fingerprint density at radius 3 is 2.14 bits per heavy atom. The van der Waals surface area contributed by atoms with E-state index in [0.717, 1.165) is 25.3 Å². The molecule has 3 aliphatic rings. The fourth-order valence-electron chi connectivity index (χ4n) is 3.54. The Labute approximate surface area is 126 Å². The molecule has 0 radical (unpaired) electrons. The fourth-order valence-corrected chi connectivity index (χ4v) is 4.92. The van der Waals surface area contributed by atoms with E-state index in [0.29, 0.717) is 6.54 Å². The first-order valence-electron chi connectivity index (χ1n) is 7.60. The van der Waals surface area contributed by atoms with Gasteiger partial charge in [0, 0.05) is 20.8 Å². The van der Waals surface area contributed by atoms with Crippen molar-refractivity contribution in [1.29, 1.82) is 0 Å². The number of epoxide rings is 1. The van der Waals surface area contributed by atoms with E-state index >= 15 is 0 Å². The van der Waals surface area contributed by atoms with E-state index in [1.54, 1.807) is 14.2 Å². The van der Waals surface area contributed by atoms with Gasteiger partial charge < -0.3 is 13.6 Å². The Bertz CT molecular complexity index is 425. The summed E-state index contributed by atoms with van der Waals surface area (Å²) >= 11 is 0. The van der Waals surface area contributed by atoms with Crippen molar-refractivity contribution in [2.75, 3.05) is 20.8 Å².